The molecule has 8 heteroatoms. The Labute approximate surface area is 76.6 Å². The smallest absolute Gasteiger partial charge is 0.409 e. The van der Waals surface area contributed by atoms with Gasteiger partial charge in [-0.3, -0.25) is 4.68 Å². The summed E-state index contributed by atoms with van der Waals surface area (Å²) in [6.45, 7) is -0.188. The summed E-state index contributed by atoms with van der Waals surface area (Å²) >= 11 is 0. The Morgan fingerprint density at radius 3 is 2.71 bits per heavy atom. The van der Waals surface area contributed by atoms with Gasteiger partial charge in [-0.1, -0.05) is 5.16 Å². The van der Waals surface area contributed by atoms with E-state index < -0.39 is 11.9 Å². The second-order valence-corrected chi connectivity index (χ2v) is 2.49. The van der Waals surface area contributed by atoms with Gasteiger partial charge in [-0.05, 0) is 6.07 Å². The maximum atomic E-state index is 12.0. The maximum Gasteiger partial charge on any atom is 0.435 e. The van der Waals surface area contributed by atoms with Crippen molar-refractivity contribution in [2.24, 2.45) is 10.9 Å². The highest BCUT2D eigenvalue weighted by Gasteiger charge is 2.33. The molecule has 0 aromatic carbocycles. The van der Waals surface area contributed by atoms with Gasteiger partial charge in [0, 0.05) is 6.20 Å². The van der Waals surface area contributed by atoms with Crippen LogP contribution in [-0.2, 0) is 12.7 Å². The molecular weight excluding hydrogens is 201 g/mol. The van der Waals surface area contributed by atoms with Crippen molar-refractivity contribution in [2.75, 3.05) is 0 Å². The van der Waals surface area contributed by atoms with E-state index in [1.165, 1.54) is 0 Å². The van der Waals surface area contributed by atoms with Gasteiger partial charge < -0.3 is 10.9 Å². The number of oxime groups is 1. The summed E-state index contributed by atoms with van der Waals surface area (Å²) in [5, 5.41) is 14.0. The number of nitrogens with zero attached hydrogens (tertiary/aromatic N) is 3. The van der Waals surface area contributed by atoms with Crippen LogP contribution in [0.1, 0.15) is 5.69 Å². The van der Waals surface area contributed by atoms with Gasteiger partial charge in [0.2, 0.25) is 0 Å². The number of amidine groups is 1. The highest BCUT2D eigenvalue weighted by molar-refractivity contribution is 5.79. The quantitative estimate of drug-likeness (QED) is 0.324. The molecule has 0 amide bonds. The molecule has 1 aromatic heterocycles. The largest absolute Gasteiger partial charge is 0.435 e. The fourth-order valence-electron chi connectivity index (χ4n) is 0.799. The average molecular weight is 208 g/mol. The Hall–Kier alpha value is -1.73. The minimum atomic E-state index is -4.48. The van der Waals surface area contributed by atoms with Crippen LogP contribution in [0, 0.1) is 0 Å². The first-order chi connectivity index (χ1) is 6.43. The monoisotopic (exact) mass is 208 g/mol. The lowest BCUT2D eigenvalue weighted by Crippen LogP contribution is -2.20. The number of rotatable bonds is 2. The Bertz CT molecular complexity index is 343. The van der Waals surface area contributed by atoms with Crippen molar-refractivity contribution in [1.29, 1.82) is 0 Å². The summed E-state index contributed by atoms with van der Waals surface area (Å²) in [4.78, 5) is 0. The molecule has 0 atom stereocenters. The van der Waals surface area contributed by atoms with E-state index in [1.807, 2.05) is 0 Å². The van der Waals surface area contributed by atoms with Gasteiger partial charge in [0.25, 0.3) is 0 Å². The number of hydrogen-bond acceptors (Lipinski definition) is 3. The number of aromatic nitrogens is 2. The molecule has 0 aliphatic rings. The van der Waals surface area contributed by atoms with Gasteiger partial charge in [-0.25, -0.2) is 0 Å². The molecule has 0 saturated carbocycles. The molecule has 0 spiro atoms. The highest BCUT2D eigenvalue weighted by Crippen LogP contribution is 2.27. The standard InChI is InChI=1S/C6H7F3N4O/c7-6(8,9)4-1-2-13(11-4)3-5(10)12-14/h1-2,14H,3H2,(H2,10,12). The lowest BCUT2D eigenvalue weighted by Gasteiger charge is -2.01. The first-order valence-corrected chi connectivity index (χ1v) is 3.50. The predicted octanol–water partition coefficient (Wildman–Crippen LogP) is 0.648. The van der Waals surface area contributed by atoms with Gasteiger partial charge in [-0.15, -0.1) is 0 Å². The third-order valence-electron chi connectivity index (χ3n) is 1.38. The maximum absolute atomic E-state index is 12.0. The van der Waals surface area contributed by atoms with E-state index in [0.29, 0.717) is 0 Å². The molecule has 1 aromatic rings. The van der Waals surface area contributed by atoms with Crippen LogP contribution in [-0.4, -0.2) is 20.8 Å². The summed E-state index contributed by atoms with van der Waals surface area (Å²) in [7, 11) is 0. The van der Waals surface area contributed by atoms with E-state index in [0.717, 1.165) is 16.9 Å². The zero-order valence-electron chi connectivity index (χ0n) is 6.86. The number of nitrogens with two attached hydrogens (primary N) is 1. The van der Waals surface area contributed by atoms with Crippen LogP contribution in [0.15, 0.2) is 17.4 Å². The van der Waals surface area contributed by atoms with Gasteiger partial charge in [0.05, 0.1) is 0 Å². The van der Waals surface area contributed by atoms with Gasteiger partial charge in [0.15, 0.2) is 11.5 Å². The number of halogens is 3. The minimum absolute atomic E-state index is 0.188. The molecule has 14 heavy (non-hydrogen) atoms. The highest BCUT2D eigenvalue weighted by atomic mass is 19.4. The molecule has 0 fully saturated rings. The number of alkyl halides is 3. The molecule has 0 bridgehead atoms. The molecule has 0 radical (unpaired) electrons. The number of hydrogen-bond donors (Lipinski definition) is 2. The van der Waals surface area contributed by atoms with E-state index in [2.05, 4.69) is 10.3 Å². The fraction of sp³-hybridized carbons (Fsp3) is 0.333. The summed E-state index contributed by atoms with van der Waals surface area (Å²) in [5.41, 5.74) is 4.07. The molecule has 0 saturated heterocycles. The van der Waals surface area contributed by atoms with Crippen molar-refractivity contribution in [3.63, 3.8) is 0 Å². The molecule has 78 valence electrons. The Morgan fingerprint density at radius 2 is 2.29 bits per heavy atom. The van der Waals surface area contributed by atoms with Crippen molar-refractivity contribution in [1.82, 2.24) is 9.78 Å². The van der Waals surface area contributed by atoms with E-state index >= 15 is 0 Å². The summed E-state index contributed by atoms with van der Waals surface area (Å²) in [5.74, 6) is -0.221. The second kappa shape index (κ2) is 3.56. The molecule has 3 N–H and O–H groups in total. The van der Waals surface area contributed by atoms with Crippen molar-refractivity contribution in [3.05, 3.63) is 18.0 Å². The lowest BCUT2D eigenvalue weighted by atomic mass is 10.4. The predicted molar refractivity (Wildman–Crippen MR) is 40.6 cm³/mol. The summed E-state index contributed by atoms with van der Waals surface area (Å²) in [6, 6.07) is 0.810. The van der Waals surface area contributed by atoms with Crippen molar-refractivity contribution < 1.29 is 18.4 Å². The molecule has 5 nitrogen and oxygen atoms in total. The van der Waals surface area contributed by atoms with E-state index in [-0.39, 0.29) is 12.4 Å². The van der Waals surface area contributed by atoms with Gasteiger partial charge in [0.1, 0.15) is 6.54 Å². The average Bonchev–Trinajstić information content (AvgIpc) is 2.51. The van der Waals surface area contributed by atoms with Crippen LogP contribution in [0.4, 0.5) is 13.2 Å². The SMILES string of the molecule is N/C(Cn1ccc(C(F)(F)F)n1)=N/O. The van der Waals surface area contributed by atoms with Crippen LogP contribution in [0.25, 0.3) is 0 Å². The van der Waals surface area contributed by atoms with Crippen LogP contribution in [0.3, 0.4) is 0 Å². The third kappa shape index (κ3) is 2.38. The van der Waals surface area contributed by atoms with Crippen molar-refractivity contribution >= 4 is 5.84 Å². The third-order valence-corrected chi connectivity index (χ3v) is 1.38. The molecule has 0 aliphatic carbocycles. The zero-order valence-corrected chi connectivity index (χ0v) is 6.86. The molecule has 0 aliphatic heterocycles. The Morgan fingerprint density at radius 1 is 1.64 bits per heavy atom. The molecule has 1 heterocycles. The normalized spacial score (nSPS) is 13.2. The van der Waals surface area contributed by atoms with E-state index in [1.54, 1.807) is 0 Å². The molecule has 1 rings (SSSR count). The minimum Gasteiger partial charge on any atom is -0.409 e. The fourth-order valence-corrected chi connectivity index (χ4v) is 0.799. The van der Waals surface area contributed by atoms with Crippen molar-refractivity contribution in [3.8, 4) is 0 Å². The van der Waals surface area contributed by atoms with Crippen LogP contribution < -0.4 is 5.73 Å². The van der Waals surface area contributed by atoms with Crippen molar-refractivity contribution in [2.45, 2.75) is 12.7 Å². The molecular formula is C6H7F3N4O. The molecule has 0 unspecified atom stereocenters. The summed E-state index contributed by atoms with van der Waals surface area (Å²) in [6.07, 6.45) is -3.38. The first-order valence-electron chi connectivity index (χ1n) is 3.50. The van der Waals surface area contributed by atoms with E-state index in [4.69, 9.17) is 10.9 Å². The van der Waals surface area contributed by atoms with E-state index in [9.17, 15) is 13.2 Å². The van der Waals surface area contributed by atoms with Crippen LogP contribution >= 0.6 is 0 Å². The zero-order chi connectivity index (χ0) is 10.8. The Kier molecular flexibility index (Phi) is 2.63. The lowest BCUT2D eigenvalue weighted by molar-refractivity contribution is -0.141. The topological polar surface area (TPSA) is 76.4 Å². The van der Waals surface area contributed by atoms with Crippen LogP contribution in [0.2, 0.25) is 0 Å². The second-order valence-electron chi connectivity index (χ2n) is 2.49. The Balaban J connectivity index is 2.79. The van der Waals surface area contributed by atoms with Crippen LogP contribution in [0.5, 0.6) is 0 Å². The van der Waals surface area contributed by atoms with Gasteiger partial charge >= 0.3 is 6.18 Å². The summed E-state index contributed by atoms with van der Waals surface area (Å²) < 4.78 is 37.0. The van der Waals surface area contributed by atoms with Gasteiger partial charge in [-0.2, -0.15) is 18.3 Å². The first kappa shape index (κ1) is 10.4.